The third-order valence-corrected chi connectivity index (χ3v) is 4.37. The van der Waals surface area contributed by atoms with Crippen LogP contribution in [0.25, 0.3) is 11.1 Å². The number of pyridine rings is 2. The van der Waals surface area contributed by atoms with E-state index in [-0.39, 0.29) is 17.5 Å². The van der Waals surface area contributed by atoms with Crippen molar-refractivity contribution in [3.63, 3.8) is 0 Å². The van der Waals surface area contributed by atoms with E-state index in [1.54, 1.807) is 12.3 Å². The predicted octanol–water partition coefficient (Wildman–Crippen LogP) is 4.90. The number of benzene rings is 1. The first-order chi connectivity index (χ1) is 12.5. The number of Topliss-reactive ketones (excluding diaryl/α,β-unsaturated/α-hetero) is 1. The Labute approximate surface area is 153 Å². The lowest BCUT2D eigenvalue weighted by Crippen LogP contribution is -2.08. The zero-order valence-electron chi connectivity index (χ0n) is 14.9. The van der Waals surface area contributed by atoms with Crippen LogP contribution in [-0.4, -0.2) is 15.8 Å². The summed E-state index contributed by atoms with van der Waals surface area (Å²) in [7, 11) is 0. The van der Waals surface area contributed by atoms with E-state index in [1.807, 2.05) is 50.2 Å². The molecule has 0 saturated heterocycles. The van der Waals surface area contributed by atoms with Gasteiger partial charge in [0, 0.05) is 36.3 Å². The molecule has 0 aliphatic rings. The van der Waals surface area contributed by atoms with Gasteiger partial charge in [-0.05, 0) is 47.9 Å². The second-order valence-corrected chi connectivity index (χ2v) is 6.60. The van der Waals surface area contributed by atoms with E-state index in [4.69, 9.17) is 0 Å². The number of aryl methyl sites for hydroxylation is 1. The van der Waals surface area contributed by atoms with Crippen LogP contribution in [0.5, 0.6) is 0 Å². The molecule has 3 rings (SSSR count). The highest BCUT2D eigenvalue weighted by molar-refractivity contribution is 5.81. The molecular weight excluding hydrogens is 327 g/mol. The number of nitrogens with zero attached hydrogens (tertiary/aromatic N) is 2. The fraction of sp³-hybridized carbons (Fsp3) is 0.227. The van der Waals surface area contributed by atoms with Crippen molar-refractivity contribution < 1.29 is 9.18 Å². The van der Waals surface area contributed by atoms with Crippen molar-refractivity contribution in [2.45, 2.75) is 32.6 Å². The largest absolute Gasteiger partial charge is 0.299 e. The van der Waals surface area contributed by atoms with Gasteiger partial charge in [0.1, 0.15) is 11.6 Å². The Balaban J connectivity index is 1.61. The second-order valence-electron chi connectivity index (χ2n) is 6.60. The number of rotatable bonds is 6. The van der Waals surface area contributed by atoms with E-state index in [9.17, 15) is 9.18 Å². The van der Waals surface area contributed by atoms with Crippen LogP contribution < -0.4 is 0 Å². The van der Waals surface area contributed by atoms with Crippen LogP contribution in [0.4, 0.5) is 4.39 Å². The number of hydrogen-bond donors (Lipinski definition) is 0. The summed E-state index contributed by atoms with van der Waals surface area (Å²) in [6, 6.07) is 15.1. The smallest absolute Gasteiger partial charge is 0.141 e. The molecule has 3 nitrogen and oxygen atoms in total. The molecule has 0 spiro atoms. The van der Waals surface area contributed by atoms with E-state index in [0.717, 1.165) is 28.1 Å². The lowest BCUT2D eigenvalue weighted by Gasteiger charge is -2.10. The summed E-state index contributed by atoms with van der Waals surface area (Å²) < 4.78 is 12.9. The van der Waals surface area contributed by atoms with Gasteiger partial charge in [0.05, 0.1) is 6.20 Å². The van der Waals surface area contributed by atoms with Gasteiger partial charge in [0.15, 0.2) is 0 Å². The molecule has 1 unspecified atom stereocenters. The van der Waals surface area contributed by atoms with Gasteiger partial charge in [0.2, 0.25) is 0 Å². The van der Waals surface area contributed by atoms with Gasteiger partial charge >= 0.3 is 0 Å². The average Bonchev–Trinajstić information content (AvgIpc) is 2.62. The topological polar surface area (TPSA) is 42.9 Å². The van der Waals surface area contributed by atoms with Gasteiger partial charge < -0.3 is 0 Å². The molecule has 4 heteroatoms. The molecule has 1 aromatic carbocycles. The van der Waals surface area contributed by atoms with Crippen molar-refractivity contribution in [3.8, 4) is 11.1 Å². The first-order valence-corrected chi connectivity index (χ1v) is 8.66. The molecule has 2 aromatic heterocycles. The first-order valence-electron chi connectivity index (χ1n) is 8.66. The molecule has 132 valence electrons. The summed E-state index contributed by atoms with van der Waals surface area (Å²) in [5.74, 6) is -0.241. The van der Waals surface area contributed by atoms with Crippen LogP contribution in [0.15, 0.2) is 60.9 Å². The standard InChI is InChI=1S/C22H21FN2O/c1-15(22-8-7-20(23)14-25-22)11-21(26)13-17-3-5-18(6-4-17)19-9-10-24-16(2)12-19/h3-10,12,14-15H,11,13H2,1-2H3. The minimum Gasteiger partial charge on any atom is -0.299 e. The average molecular weight is 348 g/mol. The van der Waals surface area contributed by atoms with Crippen LogP contribution >= 0.6 is 0 Å². The molecule has 0 bridgehead atoms. The number of aromatic nitrogens is 2. The van der Waals surface area contributed by atoms with Crippen LogP contribution in [-0.2, 0) is 11.2 Å². The van der Waals surface area contributed by atoms with Crippen molar-refractivity contribution >= 4 is 5.78 Å². The fourth-order valence-corrected chi connectivity index (χ4v) is 2.96. The summed E-state index contributed by atoms with van der Waals surface area (Å²) >= 11 is 0. The number of hydrogen-bond acceptors (Lipinski definition) is 3. The van der Waals surface area contributed by atoms with E-state index >= 15 is 0 Å². The lowest BCUT2D eigenvalue weighted by atomic mass is 9.96. The van der Waals surface area contributed by atoms with Gasteiger partial charge in [-0.25, -0.2) is 4.39 Å². The Morgan fingerprint density at radius 2 is 1.81 bits per heavy atom. The monoisotopic (exact) mass is 348 g/mol. The predicted molar refractivity (Wildman–Crippen MR) is 100 cm³/mol. The van der Waals surface area contributed by atoms with Gasteiger partial charge in [-0.1, -0.05) is 31.2 Å². The quantitative estimate of drug-likeness (QED) is 0.636. The molecule has 0 amide bonds. The highest BCUT2D eigenvalue weighted by Gasteiger charge is 2.13. The SMILES string of the molecule is Cc1cc(-c2ccc(CC(=O)CC(C)c3ccc(F)cn3)cc2)ccn1. The normalized spacial score (nSPS) is 12.0. The maximum atomic E-state index is 12.9. The second kappa shape index (κ2) is 8.00. The van der Waals surface area contributed by atoms with Crippen LogP contribution in [0, 0.1) is 12.7 Å². The number of ketones is 1. The highest BCUT2D eigenvalue weighted by Crippen LogP contribution is 2.22. The van der Waals surface area contributed by atoms with E-state index in [2.05, 4.69) is 9.97 Å². The van der Waals surface area contributed by atoms with Crippen LogP contribution in [0.3, 0.4) is 0 Å². The van der Waals surface area contributed by atoms with Crippen molar-refractivity contribution in [1.82, 2.24) is 9.97 Å². The summed E-state index contributed by atoms with van der Waals surface area (Å²) in [5, 5.41) is 0. The molecule has 2 heterocycles. The van der Waals surface area contributed by atoms with E-state index in [0.29, 0.717) is 12.8 Å². The van der Waals surface area contributed by atoms with Gasteiger partial charge in [-0.3, -0.25) is 14.8 Å². The molecule has 0 N–H and O–H groups in total. The summed E-state index contributed by atoms with van der Waals surface area (Å²) in [5.41, 5.74) is 4.93. The maximum absolute atomic E-state index is 12.9. The van der Waals surface area contributed by atoms with E-state index in [1.165, 1.54) is 12.3 Å². The van der Waals surface area contributed by atoms with Crippen molar-refractivity contribution in [2.24, 2.45) is 0 Å². The molecule has 0 aliphatic carbocycles. The van der Waals surface area contributed by atoms with Crippen molar-refractivity contribution in [1.29, 1.82) is 0 Å². The Bertz CT molecular complexity index is 889. The summed E-state index contributed by atoms with van der Waals surface area (Å²) in [4.78, 5) is 20.6. The molecule has 0 radical (unpaired) electrons. The molecule has 0 aliphatic heterocycles. The summed E-state index contributed by atoms with van der Waals surface area (Å²) in [6.07, 6.45) is 3.77. The molecular formula is C22H21FN2O. The number of carbonyl (C=O) groups is 1. The summed E-state index contributed by atoms with van der Waals surface area (Å²) in [6.45, 7) is 3.90. The zero-order valence-corrected chi connectivity index (χ0v) is 14.9. The minimum atomic E-state index is -0.364. The van der Waals surface area contributed by atoms with Gasteiger partial charge in [-0.2, -0.15) is 0 Å². The Kier molecular flexibility index (Phi) is 5.52. The van der Waals surface area contributed by atoms with Gasteiger partial charge in [0.25, 0.3) is 0 Å². The molecule has 3 aromatic rings. The van der Waals surface area contributed by atoms with Gasteiger partial charge in [-0.15, -0.1) is 0 Å². The van der Waals surface area contributed by atoms with Crippen molar-refractivity contribution in [2.75, 3.05) is 0 Å². The molecule has 1 atom stereocenters. The Hall–Kier alpha value is -2.88. The molecule has 0 fully saturated rings. The number of carbonyl (C=O) groups excluding carboxylic acids is 1. The fourth-order valence-electron chi connectivity index (χ4n) is 2.96. The minimum absolute atomic E-state index is 0.0258. The lowest BCUT2D eigenvalue weighted by molar-refractivity contribution is -0.118. The van der Waals surface area contributed by atoms with E-state index < -0.39 is 0 Å². The molecule has 26 heavy (non-hydrogen) atoms. The molecule has 0 saturated carbocycles. The Morgan fingerprint density at radius 3 is 2.46 bits per heavy atom. The maximum Gasteiger partial charge on any atom is 0.141 e. The third-order valence-electron chi connectivity index (χ3n) is 4.37. The Morgan fingerprint density at radius 1 is 1.04 bits per heavy atom. The number of halogens is 1. The highest BCUT2D eigenvalue weighted by atomic mass is 19.1. The first kappa shape index (κ1) is 17.9. The zero-order chi connectivity index (χ0) is 18.5. The van der Waals surface area contributed by atoms with Crippen LogP contribution in [0.1, 0.15) is 36.2 Å². The third kappa shape index (κ3) is 4.60. The van der Waals surface area contributed by atoms with Crippen molar-refractivity contribution in [3.05, 3.63) is 83.7 Å². The van der Waals surface area contributed by atoms with Crippen LogP contribution in [0.2, 0.25) is 0 Å².